The monoisotopic (exact) mass is 241 g/mol. The van der Waals surface area contributed by atoms with E-state index in [0.29, 0.717) is 17.3 Å². The summed E-state index contributed by atoms with van der Waals surface area (Å²) in [5, 5.41) is 2.81. The van der Waals surface area contributed by atoms with Crippen molar-refractivity contribution in [2.75, 3.05) is 5.32 Å². The molecule has 1 heterocycles. The molecule has 3 nitrogen and oxygen atoms in total. The SMILES string of the molecule is CC(C)c1ccc(C(=O)Nc2cccc[nH+]2)cc1. The lowest BCUT2D eigenvalue weighted by atomic mass is 10.0. The minimum absolute atomic E-state index is 0.104. The summed E-state index contributed by atoms with van der Waals surface area (Å²) >= 11 is 0. The first-order valence-corrected chi connectivity index (χ1v) is 6.05. The van der Waals surface area contributed by atoms with E-state index in [9.17, 15) is 4.79 Å². The van der Waals surface area contributed by atoms with E-state index in [-0.39, 0.29) is 5.91 Å². The Kier molecular flexibility index (Phi) is 3.72. The number of aromatic amines is 1. The van der Waals surface area contributed by atoms with Crippen LogP contribution in [0.3, 0.4) is 0 Å². The predicted molar refractivity (Wildman–Crippen MR) is 71.5 cm³/mol. The highest BCUT2D eigenvalue weighted by Crippen LogP contribution is 2.15. The minimum atomic E-state index is -0.104. The maximum absolute atomic E-state index is 12.0. The van der Waals surface area contributed by atoms with E-state index < -0.39 is 0 Å². The summed E-state index contributed by atoms with van der Waals surface area (Å²) in [6.45, 7) is 4.27. The summed E-state index contributed by atoms with van der Waals surface area (Å²) in [6, 6.07) is 13.3. The van der Waals surface area contributed by atoms with Gasteiger partial charge in [-0.3, -0.25) is 0 Å². The number of pyridine rings is 1. The number of benzene rings is 1. The van der Waals surface area contributed by atoms with Crippen LogP contribution >= 0.6 is 0 Å². The summed E-state index contributed by atoms with van der Waals surface area (Å²) in [6.07, 6.45) is 1.78. The molecule has 0 aliphatic carbocycles. The van der Waals surface area contributed by atoms with Crippen LogP contribution in [0, 0.1) is 0 Å². The maximum atomic E-state index is 12.0. The van der Waals surface area contributed by atoms with Crippen molar-refractivity contribution >= 4 is 11.7 Å². The molecule has 0 unspecified atom stereocenters. The Hall–Kier alpha value is -2.16. The topological polar surface area (TPSA) is 43.2 Å². The second-order valence-electron chi connectivity index (χ2n) is 4.51. The van der Waals surface area contributed by atoms with E-state index in [0.717, 1.165) is 0 Å². The van der Waals surface area contributed by atoms with E-state index in [1.165, 1.54) is 5.56 Å². The predicted octanol–water partition coefficient (Wildman–Crippen LogP) is 2.88. The number of amides is 1. The van der Waals surface area contributed by atoms with Gasteiger partial charge >= 0.3 is 5.91 Å². The van der Waals surface area contributed by atoms with E-state index in [2.05, 4.69) is 24.1 Å². The van der Waals surface area contributed by atoms with Gasteiger partial charge in [-0.05, 0) is 29.7 Å². The van der Waals surface area contributed by atoms with Crippen molar-refractivity contribution in [3.8, 4) is 0 Å². The van der Waals surface area contributed by atoms with Crippen molar-refractivity contribution in [2.45, 2.75) is 19.8 Å². The maximum Gasteiger partial charge on any atom is 0.339 e. The molecule has 0 fully saturated rings. The average Bonchev–Trinajstić information content (AvgIpc) is 2.40. The van der Waals surface area contributed by atoms with Crippen molar-refractivity contribution in [2.24, 2.45) is 0 Å². The highest BCUT2D eigenvalue weighted by Gasteiger charge is 2.12. The molecule has 0 atom stereocenters. The lowest BCUT2D eigenvalue weighted by Crippen LogP contribution is -2.18. The summed E-state index contributed by atoms with van der Waals surface area (Å²) in [7, 11) is 0. The number of carbonyl (C=O) groups is 1. The van der Waals surface area contributed by atoms with Crippen LogP contribution in [-0.2, 0) is 0 Å². The highest BCUT2D eigenvalue weighted by atomic mass is 16.1. The molecular formula is C15H17N2O+. The van der Waals surface area contributed by atoms with Crippen LogP contribution in [0.1, 0.15) is 35.7 Å². The summed E-state index contributed by atoms with van der Waals surface area (Å²) in [5.74, 6) is 1.06. The molecule has 3 heteroatoms. The Morgan fingerprint density at radius 2 is 1.83 bits per heavy atom. The van der Waals surface area contributed by atoms with E-state index in [4.69, 9.17) is 0 Å². The molecule has 1 aromatic heterocycles. The van der Waals surface area contributed by atoms with Crippen LogP contribution in [-0.4, -0.2) is 5.91 Å². The second kappa shape index (κ2) is 5.45. The second-order valence-corrected chi connectivity index (χ2v) is 4.51. The Bertz CT molecular complexity index is 518. The molecule has 0 aliphatic rings. The largest absolute Gasteiger partial charge is 0.339 e. The fourth-order valence-electron chi connectivity index (χ4n) is 1.68. The number of hydrogen-bond donors (Lipinski definition) is 1. The number of carbonyl (C=O) groups excluding carboxylic acids is 1. The van der Waals surface area contributed by atoms with Crippen molar-refractivity contribution in [1.29, 1.82) is 0 Å². The van der Waals surface area contributed by atoms with E-state index in [1.807, 2.05) is 42.5 Å². The van der Waals surface area contributed by atoms with Gasteiger partial charge in [0, 0.05) is 6.07 Å². The number of hydrogen-bond acceptors (Lipinski definition) is 1. The van der Waals surface area contributed by atoms with Gasteiger partial charge in [0.2, 0.25) is 0 Å². The fourth-order valence-corrected chi connectivity index (χ4v) is 1.68. The van der Waals surface area contributed by atoms with Gasteiger partial charge in [0.1, 0.15) is 0 Å². The van der Waals surface area contributed by atoms with Gasteiger partial charge in [0.25, 0.3) is 5.82 Å². The van der Waals surface area contributed by atoms with E-state index in [1.54, 1.807) is 6.20 Å². The zero-order chi connectivity index (χ0) is 13.0. The smallest absolute Gasteiger partial charge is 0.247 e. The van der Waals surface area contributed by atoms with Gasteiger partial charge in [0.05, 0.1) is 11.8 Å². The molecule has 0 saturated heterocycles. The normalized spacial score (nSPS) is 10.4. The number of nitrogens with one attached hydrogen (secondary N) is 2. The van der Waals surface area contributed by atoms with Crippen molar-refractivity contribution in [1.82, 2.24) is 0 Å². The van der Waals surface area contributed by atoms with Crippen LogP contribution < -0.4 is 10.3 Å². The van der Waals surface area contributed by atoms with E-state index >= 15 is 0 Å². The number of aromatic nitrogens is 1. The molecule has 1 aromatic carbocycles. The average molecular weight is 241 g/mol. The van der Waals surface area contributed by atoms with Crippen LogP contribution in [0.5, 0.6) is 0 Å². The molecule has 0 aliphatic heterocycles. The zero-order valence-electron chi connectivity index (χ0n) is 10.6. The molecule has 1 amide bonds. The third-order valence-corrected chi connectivity index (χ3v) is 2.80. The molecule has 0 spiro atoms. The van der Waals surface area contributed by atoms with Gasteiger partial charge in [-0.1, -0.05) is 32.0 Å². The van der Waals surface area contributed by atoms with Crippen LogP contribution in [0.4, 0.5) is 5.82 Å². The Balaban J connectivity index is 2.10. The minimum Gasteiger partial charge on any atom is -0.247 e. The summed E-state index contributed by atoms with van der Waals surface area (Å²) in [4.78, 5) is 14.9. The summed E-state index contributed by atoms with van der Waals surface area (Å²) in [5.41, 5.74) is 1.90. The summed E-state index contributed by atoms with van der Waals surface area (Å²) < 4.78 is 0. The molecule has 2 rings (SSSR count). The van der Waals surface area contributed by atoms with Crippen LogP contribution in [0.15, 0.2) is 48.7 Å². The first kappa shape index (κ1) is 12.3. The first-order chi connectivity index (χ1) is 8.66. The van der Waals surface area contributed by atoms with Crippen LogP contribution in [0.25, 0.3) is 0 Å². The van der Waals surface area contributed by atoms with Crippen molar-refractivity contribution in [3.05, 3.63) is 59.8 Å². The van der Waals surface area contributed by atoms with Gasteiger partial charge in [-0.25, -0.2) is 15.1 Å². The molecule has 0 bridgehead atoms. The van der Waals surface area contributed by atoms with Gasteiger partial charge in [0.15, 0.2) is 0 Å². The Morgan fingerprint density at radius 3 is 2.39 bits per heavy atom. The molecule has 2 aromatic rings. The molecule has 0 radical (unpaired) electrons. The van der Waals surface area contributed by atoms with Gasteiger partial charge < -0.3 is 0 Å². The lowest BCUT2D eigenvalue weighted by Gasteiger charge is -2.05. The van der Waals surface area contributed by atoms with Crippen LogP contribution in [0.2, 0.25) is 0 Å². The zero-order valence-corrected chi connectivity index (χ0v) is 10.6. The van der Waals surface area contributed by atoms with Crippen molar-refractivity contribution < 1.29 is 9.78 Å². The molecular weight excluding hydrogens is 224 g/mol. The van der Waals surface area contributed by atoms with Gasteiger partial charge in [-0.2, -0.15) is 0 Å². The standard InChI is InChI=1S/C15H16N2O/c1-11(2)12-6-8-13(9-7-12)15(18)17-14-5-3-4-10-16-14/h3-11H,1-2H3,(H,16,17,18)/p+1. The molecule has 2 N–H and O–H groups in total. The number of anilines is 1. The number of H-pyrrole nitrogens is 1. The quantitative estimate of drug-likeness (QED) is 0.882. The Morgan fingerprint density at radius 1 is 1.11 bits per heavy atom. The van der Waals surface area contributed by atoms with Crippen molar-refractivity contribution in [3.63, 3.8) is 0 Å². The fraction of sp³-hybridized carbons (Fsp3) is 0.200. The molecule has 92 valence electrons. The Labute approximate surface area is 107 Å². The van der Waals surface area contributed by atoms with Gasteiger partial charge in [-0.15, -0.1) is 0 Å². The molecule has 18 heavy (non-hydrogen) atoms. The first-order valence-electron chi connectivity index (χ1n) is 6.05. The highest BCUT2D eigenvalue weighted by molar-refractivity contribution is 6.03. The number of rotatable bonds is 3. The molecule has 0 saturated carbocycles. The third kappa shape index (κ3) is 2.94. The lowest BCUT2D eigenvalue weighted by molar-refractivity contribution is -0.360. The third-order valence-electron chi connectivity index (χ3n) is 2.80.